The number of hydrogen-bond donors (Lipinski definition) is 2. The van der Waals surface area contributed by atoms with Crippen LogP contribution in [0.2, 0.25) is 0 Å². The Balaban J connectivity index is 1.68. The van der Waals surface area contributed by atoms with Gasteiger partial charge in [-0.3, -0.25) is 9.59 Å². The number of morpholine rings is 1. The molecule has 1 aromatic rings. The first-order chi connectivity index (χ1) is 12.8. The van der Waals surface area contributed by atoms with Gasteiger partial charge in [0.15, 0.2) is 6.10 Å². The largest absolute Gasteiger partial charge is 0.452 e. The molecular formula is C19H27N3O5. The van der Waals surface area contributed by atoms with Crippen LogP contribution in [0.4, 0.5) is 10.5 Å². The van der Waals surface area contributed by atoms with Crippen molar-refractivity contribution in [3.63, 3.8) is 0 Å². The van der Waals surface area contributed by atoms with Crippen LogP contribution in [0.3, 0.4) is 0 Å². The number of hydrogen-bond acceptors (Lipinski definition) is 5. The Kier molecular flexibility index (Phi) is 7.60. The van der Waals surface area contributed by atoms with E-state index in [0.717, 1.165) is 0 Å². The lowest BCUT2D eigenvalue weighted by molar-refractivity contribution is -0.164. The van der Waals surface area contributed by atoms with Crippen molar-refractivity contribution >= 4 is 23.6 Å². The maximum atomic E-state index is 12.4. The van der Waals surface area contributed by atoms with E-state index in [0.29, 0.717) is 18.8 Å². The molecule has 8 nitrogen and oxygen atoms in total. The van der Waals surface area contributed by atoms with Crippen LogP contribution in [0.15, 0.2) is 30.3 Å². The second-order valence-electron chi connectivity index (χ2n) is 6.63. The number of para-hydroxylation sites is 1. The predicted octanol–water partition coefficient (Wildman–Crippen LogP) is 1.77. The molecule has 1 saturated heterocycles. The van der Waals surface area contributed by atoms with E-state index in [2.05, 4.69) is 10.6 Å². The third-order valence-corrected chi connectivity index (χ3v) is 4.03. The number of benzene rings is 1. The number of carbonyl (C=O) groups excluding carboxylic acids is 3. The second-order valence-corrected chi connectivity index (χ2v) is 6.63. The van der Waals surface area contributed by atoms with E-state index in [1.165, 1.54) is 0 Å². The van der Waals surface area contributed by atoms with Crippen molar-refractivity contribution < 1.29 is 23.9 Å². The first-order valence-electron chi connectivity index (χ1n) is 9.08. The highest BCUT2D eigenvalue weighted by molar-refractivity contribution is 5.89. The molecular weight excluding hydrogens is 350 g/mol. The molecule has 0 spiro atoms. The highest BCUT2D eigenvalue weighted by Crippen LogP contribution is 2.13. The zero-order valence-corrected chi connectivity index (χ0v) is 15.9. The third kappa shape index (κ3) is 6.90. The van der Waals surface area contributed by atoms with Gasteiger partial charge in [0.2, 0.25) is 0 Å². The maximum absolute atomic E-state index is 12.4. The fourth-order valence-corrected chi connectivity index (χ4v) is 2.90. The molecule has 0 unspecified atom stereocenters. The summed E-state index contributed by atoms with van der Waals surface area (Å²) >= 11 is 0. The van der Waals surface area contributed by atoms with Crippen LogP contribution < -0.4 is 10.6 Å². The Morgan fingerprint density at radius 1 is 1.19 bits per heavy atom. The number of nitrogens with one attached hydrogen (secondary N) is 2. The quantitative estimate of drug-likeness (QED) is 0.737. The number of urea groups is 1. The van der Waals surface area contributed by atoms with Gasteiger partial charge in [-0.2, -0.15) is 0 Å². The first kappa shape index (κ1) is 20.7. The highest BCUT2D eigenvalue weighted by atomic mass is 16.5. The maximum Gasteiger partial charge on any atom is 0.319 e. The molecule has 2 N–H and O–H groups in total. The second kappa shape index (κ2) is 9.91. The number of carbonyl (C=O) groups is 3. The summed E-state index contributed by atoms with van der Waals surface area (Å²) in [5, 5.41) is 5.23. The van der Waals surface area contributed by atoms with Crippen molar-refractivity contribution in [2.24, 2.45) is 0 Å². The molecule has 1 aromatic carbocycles. The molecule has 0 aromatic heterocycles. The van der Waals surface area contributed by atoms with Crippen LogP contribution in [0.1, 0.15) is 27.2 Å². The average molecular weight is 377 g/mol. The standard InChI is InChI=1S/C19H27N3O5/c1-13-11-22(12-14(2)26-13)18(24)15(3)27-17(23)9-10-20-19(25)21-16-7-5-4-6-8-16/h4-8,13-15H,9-12H2,1-3H3,(H2,20,21,25)/t13-,14-,15-/m0/s1. The Morgan fingerprint density at radius 3 is 2.44 bits per heavy atom. The number of anilines is 1. The molecule has 0 bridgehead atoms. The van der Waals surface area contributed by atoms with Crippen LogP contribution in [0, 0.1) is 0 Å². The summed E-state index contributed by atoms with van der Waals surface area (Å²) in [6, 6.07) is 8.57. The predicted molar refractivity (Wildman–Crippen MR) is 100 cm³/mol. The molecule has 3 amide bonds. The van der Waals surface area contributed by atoms with Crippen LogP contribution in [0.5, 0.6) is 0 Å². The smallest absolute Gasteiger partial charge is 0.319 e. The molecule has 1 aliphatic heterocycles. The van der Waals surface area contributed by atoms with Gasteiger partial charge < -0.3 is 25.0 Å². The number of esters is 1. The molecule has 148 valence electrons. The van der Waals surface area contributed by atoms with E-state index in [-0.39, 0.29) is 31.1 Å². The topological polar surface area (TPSA) is 97.0 Å². The van der Waals surface area contributed by atoms with Gasteiger partial charge in [-0.25, -0.2) is 4.79 Å². The van der Waals surface area contributed by atoms with Gasteiger partial charge >= 0.3 is 12.0 Å². The fraction of sp³-hybridized carbons (Fsp3) is 0.526. The number of nitrogens with zero attached hydrogens (tertiary/aromatic N) is 1. The Morgan fingerprint density at radius 2 is 1.81 bits per heavy atom. The van der Waals surface area contributed by atoms with E-state index in [4.69, 9.17) is 9.47 Å². The summed E-state index contributed by atoms with van der Waals surface area (Å²) in [5.41, 5.74) is 0.658. The van der Waals surface area contributed by atoms with E-state index >= 15 is 0 Å². The van der Waals surface area contributed by atoms with Crippen molar-refractivity contribution in [3.05, 3.63) is 30.3 Å². The van der Waals surface area contributed by atoms with Crippen molar-refractivity contribution in [3.8, 4) is 0 Å². The summed E-state index contributed by atoms with van der Waals surface area (Å²) in [4.78, 5) is 37.7. The third-order valence-electron chi connectivity index (χ3n) is 4.03. The Hall–Kier alpha value is -2.61. The van der Waals surface area contributed by atoms with Gasteiger partial charge in [0.05, 0.1) is 18.6 Å². The van der Waals surface area contributed by atoms with Crippen molar-refractivity contribution in [1.82, 2.24) is 10.2 Å². The zero-order valence-electron chi connectivity index (χ0n) is 15.9. The van der Waals surface area contributed by atoms with Crippen LogP contribution in [0.25, 0.3) is 0 Å². The Bertz CT molecular complexity index is 642. The summed E-state index contributed by atoms with van der Waals surface area (Å²) in [6.45, 7) is 6.43. The number of amides is 3. The van der Waals surface area contributed by atoms with Gasteiger partial charge in [-0.1, -0.05) is 18.2 Å². The minimum Gasteiger partial charge on any atom is -0.452 e. The van der Waals surface area contributed by atoms with Crippen molar-refractivity contribution in [2.45, 2.75) is 45.5 Å². The molecule has 3 atom stereocenters. The first-order valence-corrected chi connectivity index (χ1v) is 9.08. The molecule has 1 heterocycles. The van der Waals surface area contributed by atoms with E-state index < -0.39 is 18.1 Å². The molecule has 27 heavy (non-hydrogen) atoms. The molecule has 8 heteroatoms. The van der Waals surface area contributed by atoms with Gasteiger partial charge in [-0.15, -0.1) is 0 Å². The Labute approximate surface area is 159 Å². The molecule has 1 fully saturated rings. The number of rotatable bonds is 6. The normalized spacial score (nSPS) is 20.5. The van der Waals surface area contributed by atoms with Gasteiger partial charge in [0, 0.05) is 25.3 Å². The summed E-state index contributed by atoms with van der Waals surface area (Å²) in [6.07, 6.45) is -0.982. The van der Waals surface area contributed by atoms with Crippen LogP contribution in [-0.4, -0.2) is 60.8 Å². The van der Waals surface area contributed by atoms with Crippen LogP contribution >= 0.6 is 0 Å². The van der Waals surface area contributed by atoms with Crippen LogP contribution in [-0.2, 0) is 19.1 Å². The minimum atomic E-state index is -0.867. The minimum absolute atomic E-state index is 0.0181. The molecule has 0 radical (unpaired) electrons. The lowest BCUT2D eigenvalue weighted by Crippen LogP contribution is -2.51. The number of ether oxygens (including phenoxy) is 2. The highest BCUT2D eigenvalue weighted by Gasteiger charge is 2.30. The fourth-order valence-electron chi connectivity index (χ4n) is 2.90. The summed E-state index contributed by atoms with van der Waals surface area (Å²) in [5.74, 6) is -0.773. The molecule has 1 aliphatic rings. The zero-order chi connectivity index (χ0) is 19.8. The van der Waals surface area contributed by atoms with Gasteiger partial charge in [-0.05, 0) is 32.9 Å². The van der Waals surface area contributed by atoms with E-state index in [9.17, 15) is 14.4 Å². The summed E-state index contributed by atoms with van der Waals surface area (Å²) < 4.78 is 10.8. The van der Waals surface area contributed by atoms with Crippen molar-refractivity contribution in [1.29, 1.82) is 0 Å². The van der Waals surface area contributed by atoms with E-state index in [1.807, 2.05) is 19.9 Å². The molecule has 0 saturated carbocycles. The van der Waals surface area contributed by atoms with Crippen molar-refractivity contribution in [2.75, 3.05) is 25.0 Å². The van der Waals surface area contributed by atoms with Gasteiger partial charge in [0.25, 0.3) is 5.91 Å². The molecule has 2 rings (SSSR count). The lowest BCUT2D eigenvalue weighted by atomic mass is 10.2. The SMILES string of the molecule is C[C@H](OC(=O)CCNC(=O)Nc1ccccc1)C(=O)N1C[C@H](C)O[C@@H](C)C1. The van der Waals surface area contributed by atoms with Gasteiger partial charge in [0.1, 0.15) is 0 Å². The monoisotopic (exact) mass is 377 g/mol. The summed E-state index contributed by atoms with van der Waals surface area (Å²) in [7, 11) is 0. The van der Waals surface area contributed by atoms with E-state index in [1.54, 1.807) is 36.1 Å². The molecule has 0 aliphatic carbocycles. The average Bonchev–Trinajstić information content (AvgIpc) is 2.61. The lowest BCUT2D eigenvalue weighted by Gasteiger charge is -2.36.